The summed E-state index contributed by atoms with van der Waals surface area (Å²) in [7, 11) is 1.61. The molecule has 1 fully saturated rings. The normalized spacial score (nSPS) is 20.0. The second-order valence-corrected chi connectivity index (χ2v) is 6.85. The minimum atomic E-state index is -0.399. The molecule has 0 unspecified atom stereocenters. The number of benzene rings is 2. The van der Waals surface area contributed by atoms with Crippen molar-refractivity contribution in [3.63, 3.8) is 0 Å². The SMILES string of the molecule is COc1ccc([C@@H]2CN(C(=O)c3ccccc3)[C@@H](C(C)C)NC2=O)cc1. The Labute approximate surface area is 154 Å². The summed E-state index contributed by atoms with van der Waals surface area (Å²) in [5, 5.41) is 3.03. The van der Waals surface area contributed by atoms with Crippen molar-refractivity contribution in [3.8, 4) is 5.75 Å². The van der Waals surface area contributed by atoms with Gasteiger partial charge in [-0.05, 0) is 35.7 Å². The van der Waals surface area contributed by atoms with E-state index in [1.165, 1.54) is 0 Å². The number of nitrogens with one attached hydrogen (secondary N) is 1. The third-order valence-electron chi connectivity index (χ3n) is 4.75. The number of hydrogen-bond acceptors (Lipinski definition) is 3. The summed E-state index contributed by atoms with van der Waals surface area (Å²) in [5.41, 5.74) is 1.50. The number of methoxy groups -OCH3 is 1. The van der Waals surface area contributed by atoms with E-state index in [0.29, 0.717) is 12.1 Å². The monoisotopic (exact) mass is 352 g/mol. The average Bonchev–Trinajstić information content (AvgIpc) is 2.68. The second-order valence-electron chi connectivity index (χ2n) is 6.85. The second kappa shape index (κ2) is 7.60. The van der Waals surface area contributed by atoms with Gasteiger partial charge in [0.15, 0.2) is 0 Å². The summed E-state index contributed by atoms with van der Waals surface area (Å²) in [5.74, 6) is 0.336. The lowest BCUT2D eigenvalue weighted by molar-refractivity contribution is -0.128. The van der Waals surface area contributed by atoms with Crippen LogP contribution in [0.1, 0.15) is 35.7 Å². The van der Waals surface area contributed by atoms with E-state index in [0.717, 1.165) is 11.3 Å². The molecule has 2 aromatic rings. The van der Waals surface area contributed by atoms with Gasteiger partial charge in [0.1, 0.15) is 11.9 Å². The number of amides is 2. The number of hydrogen-bond donors (Lipinski definition) is 1. The van der Waals surface area contributed by atoms with Gasteiger partial charge in [-0.2, -0.15) is 0 Å². The largest absolute Gasteiger partial charge is 0.497 e. The van der Waals surface area contributed by atoms with Crippen molar-refractivity contribution in [2.24, 2.45) is 5.92 Å². The van der Waals surface area contributed by atoms with Crippen LogP contribution < -0.4 is 10.1 Å². The van der Waals surface area contributed by atoms with Crippen LogP contribution in [0.25, 0.3) is 0 Å². The molecule has 2 aromatic carbocycles. The lowest BCUT2D eigenvalue weighted by Gasteiger charge is -2.42. The third-order valence-corrected chi connectivity index (χ3v) is 4.75. The van der Waals surface area contributed by atoms with Crippen LogP contribution >= 0.6 is 0 Å². The average molecular weight is 352 g/mol. The first kappa shape index (κ1) is 18.0. The predicted molar refractivity (Wildman–Crippen MR) is 100.0 cm³/mol. The van der Waals surface area contributed by atoms with Gasteiger partial charge in [-0.1, -0.05) is 44.2 Å². The lowest BCUT2D eigenvalue weighted by atomic mass is 9.92. The summed E-state index contributed by atoms with van der Waals surface area (Å²) >= 11 is 0. The van der Waals surface area contributed by atoms with E-state index in [1.807, 2.05) is 56.3 Å². The van der Waals surface area contributed by atoms with Crippen LogP contribution in [0.15, 0.2) is 54.6 Å². The van der Waals surface area contributed by atoms with Crippen molar-refractivity contribution in [1.82, 2.24) is 10.2 Å². The zero-order chi connectivity index (χ0) is 18.7. The first-order chi connectivity index (χ1) is 12.5. The zero-order valence-corrected chi connectivity index (χ0v) is 15.3. The van der Waals surface area contributed by atoms with Crippen LogP contribution in [0.3, 0.4) is 0 Å². The fourth-order valence-electron chi connectivity index (χ4n) is 3.29. The van der Waals surface area contributed by atoms with Gasteiger partial charge in [0, 0.05) is 12.1 Å². The van der Waals surface area contributed by atoms with Crippen LogP contribution in [0, 0.1) is 5.92 Å². The van der Waals surface area contributed by atoms with Gasteiger partial charge in [0.2, 0.25) is 5.91 Å². The summed E-state index contributed by atoms with van der Waals surface area (Å²) in [6.45, 7) is 4.36. The van der Waals surface area contributed by atoms with Crippen molar-refractivity contribution in [1.29, 1.82) is 0 Å². The molecule has 1 N–H and O–H groups in total. The number of nitrogens with zero attached hydrogens (tertiary/aromatic N) is 1. The Kier molecular flexibility index (Phi) is 5.26. The van der Waals surface area contributed by atoms with Gasteiger partial charge in [0.25, 0.3) is 5.91 Å². The van der Waals surface area contributed by atoms with Crippen LogP contribution in [-0.4, -0.2) is 36.5 Å². The first-order valence-corrected chi connectivity index (χ1v) is 8.81. The lowest BCUT2D eigenvalue weighted by Crippen LogP contribution is -2.61. The van der Waals surface area contributed by atoms with Gasteiger partial charge in [0.05, 0.1) is 13.0 Å². The molecule has 0 aliphatic carbocycles. The molecule has 0 radical (unpaired) electrons. The molecular weight excluding hydrogens is 328 g/mol. The smallest absolute Gasteiger partial charge is 0.255 e. The number of carbonyl (C=O) groups excluding carboxylic acids is 2. The highest BCUT2D eigenvalue weighted by Crippen LogP contribution is 2.27. The van der Waals surface area contributed by atoms with Crippen LogP contribution in [-0.2, 0) is 4.79 Å². The Morgan fingerprint density at radius 2 is 1.77 bits per heavy atom. The van der Waals surface area contributed by atoms with Gasteiger partial charge >= 0.3 is 0 Å². The van der Waals surface area contributed by atoms with Crippen molar-refractivity contribution in [2.45, 2.75) is 25.9 Å². The molecule has 5 heteroatoms. The van der Waals surface area contributed by atoms with Gasteiger partial charge in [-0.15, -0.1) is 0 Å². The molecule has 0 bridgehead atoms. The van der Waals surface area contributed by atoms with Crippen LogP contribution in [0.4, 0.5) is 0 Å². The Morgan fingerprint density at radius 3 is 2.35 bits per heavy atom. The molecule has 3 rings (SSSR count). The first-order valence-electron chi connectivity index (χ1n) is 8.81. The van der Waals surface area contributed by atoms with E-state index in [-0.39, 0.29) is 23.9 Å². The standard InChI is InChI=1S/C21H24N2O3/c1-14(2)19-22-20(24)18(15-9-11-17(26-3)12-10-15)13-23(19)21(25)16-7-5-4-6-8-16/h4-12,14,18-19H,13H2,1-3H3,(H,22,24)/t18-,19-/m0/s1. The maximum atomic E-state index is 13.1. The van der Waals surface area contributed by atoms with E-state index in [2.05, 4.69) is 5.32 Å². The molecule has 1 aliphatic rings. The molecule has 2 atom stereocenters. The van der Waals surface area contributed by atoms with Crippen LogP contribution in [0.2, 0.25) is 0 Å². The molecule has 5 nitrogen and oxygen atoms in total. The number of ether oxygens (including phenoxy) is 1. The maximum Gasteiger partial charge on any atom is 0.255 e. The molecule has 26 heavy (non-hydrogen) atoms. The van der Waals surface area contributed by atoms with E-state index in [4.69, 9.17) is 4.74 Å². The molecule has 1 aliphatic heterocycles. The molecule has 136 valence electrons. The highest BCUT2D eigenvalue weighted by Gasteiger charge is 2.38. The molecule has 1 heterocycles. The highest BCUT2D eigenvalue weighted by molar-refractivity contribution is 5.96. The topological polar surface area (TPSA) is 58.6 Å². The van der Waals surface area contributed by atoms with E-state index >= 15 is 0 Å². The van der Waals surface area contributed by atoms with Gasteiger partial charge < -0.3 is 15.0 Å². The fourth-order valence-corrected chi connectivity index (χ4v) is 3.29. The summed E-state index contributed by atoms with van der Waals surface area (Å²) in [4.78, 5) is 27.5. The van der Waals surface area contributed by atoms with E-state index in [9.17, 15) is 9.59 Å². The number of rotatable bonds is 4. The highest BCUT2D eigenvalue weighted by atomic mass is 16.5. The predicted octanol–water partition coefficient (Wildman–Crippen LogP) is 3.03. The molecular formula is C21H24N2O3. The Bertz CT molecular complexity index is 772. The Morgan fingerprint density at radius 1 is 1.12 bits per heavy atom. The van der Waals surface area contributed by atoms with Crippen molar-refractivity contribution in [3.05, 3.63) is 65.7 Å². The minimum Gasteiger partial charge on any atom is -0.497 e. The molecule has 0 spiro atoms. The van der Waals surface area contributed by atoms with Crippen LogP contribution in [0.5, 0.6) is 5.75 Å². The maximum absolute atomic E-state index is 13.1. The summed E-state index contributed by atoms with van der Waals surface area (Å²) in [6, 6.07) is 16.6. The molecule has 1 saturated heterocycles. The molecule has 0 saturated carbocycles. The Balaban J connectivity index is 1.90. The van der Waals surface area contributed by atoms with Gasteiger partial charge in [-0.3, -0.25) is 9.59 Å². The molecule has 2 amide bonds. The van der Waals surface area contributed by atoms with Gasteiger partial charge in [-0.25, -0.2) is 0 Å². The number of carbonyl (C=O) groups is 2. The summed E-state index contributed by atoms with van der Waals surface area (Å²) in [6.07, 6.45) is -0.315. The van der Waals surface area contributed by atoms with E-state index in [1.54, 1.807) is 24.1 Å². The molecule has 0 aromatic heterocycles. The third kappa shape index (κ3) is 3.57. The minimum absolute atomic E-state index is 0.0500. The zero-order valence-electron chi connectivity index (χ0n) is 15.3. The summed E-state index contributed by atoms with van der Waals surface area (Å²) < 4.78 is 5.18. The van der Waals surface area contributed by atoms with Crippen molar-refractivity contribution >= 4 is 11.8 Å². The van der Waals surface area contributed by atoms with Crippen molar-refractivity contribution in [2.75, 3.05) is 13.7 Å². The van der Waals surface area contributed by atoms with Crippen molar-refractivity contribution < 1.29 is 14.3 Å². The fraction of sp³-hybridized carbons (Fsp3) is 0.333. The quantitative estimate of drug-likeness (QED) is 0.920. The van der Waals surface area contributed by atoms with E-state index < -0.39 is 5.92 Å². The Hall–Kier alpha value is -2.82.